The van der Waals surface area contributed by atoms with Crippen molar-refractivity contribution in [3.05, 3.63) is 47.8 Å². The van der Waals surface area contributed by atoms with Gasteiger partial charge in [-0.1, -0.05) is 15.9 Å². The van der Waals surface area contributed by atoms with Crippen LogP contribution in [-0.2, 0) is 11.8 Å². The number of hydrogen-bond donors (Lipinski definition) is 0. The molecule has 0 aliphatic rings. The maximum Gasteiger partial charge on any atom is 0.203 e. The Balaban J connectivity index is 2.11. The van der Waals surface area contributed by atoms with E-state index in [2.05, 4.69) is 20.9 Å². The standard InChI is InChI=1S/C16H18BrNO3/c1-19-14-9-13(11-17)10-15(20-2)16(14)21-8-5-12-3-6-18-7-4-12/h3-4,6-7,9-10H,5,8,11H2,1-2H3. The minimum absolute atomic E-state index is 0.546. The van der Waals surface area contributed by atoms with Gasteiger partial charge in [-0.3, -0.25) is 4.98 Å². The van der Waals surface area contributed by atoms with E-state index in [9.17, 15) is 0 Å². The van der Waals surface area contributed by atoms with Crippen LogP contribution in [0.2, 0.25) is 0 Å². The van der Waals surface area contributed by atoms with Crippen LogP contribution in [0.4, 0.5) is 0 Å². The summed E-state index contributed by atoms with van der Waals surface area (Å²) in [5, 5.41) is 0.733. The van der Waals surface area contributed by atoms with Gasteiger partial charge in [0.25, 0.3) is 0 Å². The monoisotopic (exact) mass is 351 g/mol. The summed E-state index contributed by atoms with van der Waals surface area (Å²) in [4.78, 5) is 4.00. The van der Waals surface area contributed by atoms with Gasteiger partial charge < -0.3 is 14.2 Å². The maximum atomic E-state index is 5.87. The number of methoxy groups -OCH3 is 2. The van der Waals surface area contributed by atoms with Gasteiger partial charge in [-0.15, -0.1) is 0 Å². The summed E-state index contributed by atoms with van der Waals surface area (Å²) in [5.41, 5.74) is 2.25. The highest BCUT2D eigenvalue weighted by molar-refractivity contribution is 9.08. The van der Waals surface area contributed by atoms with Crippen LogP contribution in [-0.4, -0.2) is 25.8 Å². The van der Waals surface area contributed by atoms with Gasteiger partial charge in [-0.2, -0.15) is 0 Å². The smallest absolute Gasteiger partial charge is 0.203 e. The number of aromatic nitrogens is 1. The molecule has 0 saturated heterocycles. The molecule has 0 amide bonds. The number of hydrogen-bond acceptors (Lipinski definition) is 4. The van der Waals surface area contributed by atoms with Gasteiger partial charge in [0, 0.05) is 24.1 Å². The van der Waals surface area contributed by atoms with Crippen molar-refractivity contribution >= 4 is 15.9 Å². The molecule has 4 nitrogen and oxygen atoms in total. The molecule has 0 atom stereocenters. The largest absolute Gasteiger partial charge is 0.493 e. The second kappa shape index (κ2) is 7.88. The van der Waals surface area contributed by atoms with E-state index in [4.69, 9.17) is 14.2 Å². The van der Waals surface area contributed by atoms with Crippen LogP contribution in [0.25, 0.3) is 0 Å². The Morgan fingerprint density at radius 2 is 1.62 bits per heavy atom. The summed E-state index contributed by atoms with van der Waals surface area (Å²) in [6.45, 7) is 0.546. The van der Waals surface area contributed by atoms with Crippen molar-refractivity contribution in [2.24, 2.45) is 0 Å². The fourth-order valence-corrected chi connectivity index (χ4v) is 2.30. The number of rotatable bonds is 7. The lowest BCUT2D eigenvalue weighted by Gasteiger charge is -2.15. The molecule has 0 unspecified atom stereocenters. The Morgan fingerprint density at radius 3 is 2.14 bits per heavy atom. The molecule has 5 heteroatoms. The lowest BCUT2D eigenvalue weighted by molar-refractivity contribution is 0.277. The number of ether oxygens (including phenoxy) is 3. The Labute approximate surface area is 133 Å². The maximum absolute atomic E-state index is 5.87. The van der Waals surface area contributed by atoms with E-state index in [1.54, 1.807) is 26.6 Å². The van der Waals surface area contributed by atoms with Gasteiger partial charge in [0.2, 0.25) is 5.75 Å². The molecule has 0 N–H and O–H groups in total. The van der Waals surface area contributed by atoms with Gasteiger partial charge in [0.05, 0.1) is 20.8 Å². The van der Waals surface area contributed by atoms with Crippen LogP contribution in [0.15, 0.2) is 36.7 Å². The van der Waals surface area contributed by atoms with Gasteiger partial charge in [-0.05, 0) is 35.4 Å². The minimum Gasteiger partial charge on any atom is -0.493 e. The van der Waals surface area contributed by atoms with E-state index in [1.165, 1.54) is 5.56 Å². The Morgan fingerprint density at radius 1 is 1.00 bits per heavy atom. The summed E-state index contributed by atoms with van der Waals surface area (Å²) in [6.07, 6.45) is 4.36. The van der Waals surface area contributed by atoms with Crippen LogP contribution in [0.5, 0.6) is 17.2 Å². The van der Waals surface area contributed by atoms with E-state index >= 15 is 0 Å². The zero-order valence-electron chi connectivity index (χ0n) is 12.1. The van der Waals surface area contributed by atoms with Gasteiger partial charge in [0.1, 0.15) is 0 Å². The second-order valence-electron chi connectivity index (χ2n) is 4.42. The molecule has 1 aromatic heterocycles. The molecule has 0 spiro atoms. The average Bonchev–Trinajstić information content (AvgIpc) is 2.55. The molecule has 2 aromatic rings. The molecule has 112 valence electrons. The van der Waals surface area contributed by atoms with Crippen molar-refractivity contribution in [2.45, 2.75) is 11.8 Å². The molecule has 0 bridgehead atoms. The van der Waals surface area contributed by atoms with Crippen molar-refractivity contribution in [1.29, 1.82) is 0 Å². The first kappa shape index (κ1) is 15.6. The van der Waals surface area contributed by atoms with E-state index < -0.39 is 0 Å². The van der Waals surface area contributed by atoms with Gasteiger partial charge >= 0.3 is 0 Å². The fourth-order valence-electron chi connectivity index (χ4n) is 1.97. The van der Waals surface area contributed by atoms with E-state index in [1.807, 2.05) is 24.3 Å². The Hall–Kier alpha value is -1.75. The first-order valence-corrected chi connectivity index (χ1v) is 7.73. The fraction of sp³-hybridized carbons (Fsp3) is 0.312. The molecule has 1 aromatic carbocycles. The summed E-state index contributed by atoms with van der Waals surface area (Å²) >= 11 is 3.43. The van der Waals surface area contributed by atoms with Crippen molar-refractivity contribution in [3.8, 4) is 17.2 Å². The third-order valence-electron chi connectivity index (χ3n) is 3.06. The second-order valence-corrected chi connectivity index (χ2v) is 4.98. The zero-order chi connectivity index (χ0) is 15.1. The molecule has 0 aliphatic heterocycles. The first-order valence-electron chi connectivity index (χ1n) is 6.61. The molecule has 0 aliphatic carbocycles. The average molecular weight is 352 g/mol. The number of benzene rings is 1. The summed E-state index contributed by atoms with van der Waals surface area (Å²) in [6, 6.07) is 7.84. The SMILES string of the molecule is COc1cc(CBr)cc(OC)c1OCCc1ccncc1. The van der Waals surface area contributed by atoms with Crippen LogP contribution >= 0.6 is 15.9 Å². The quantitative estimate of drug-likeness (QED) is 0.714. The predicted molar refractivity (Wildman–Crippen MR) is 85.6 cm³/mol. The Bertz CT molecular complexity index is 550. The van der Waals surface area contributed by atoms with E-state index in [0.717, 1.165) is 17.3 Å². The number of pyridine rings is 1. The molecule has 21 heavy (non-hydrogen) atoms. The summed E-state index contributed by atoms with van der Waals surface area (Å²) < 4.78 is 16.7. The predicted octanol–water partition coefficient (Wildman–Crippen LogP) is 3.62. The van der Waals surface area contributed by atoms with E-state index in [0.29, 0.717) is 23.9 Å². The molecule has 0 fully saturated rings. The van der Waals surface area contributed by atoms with Crippen molar-refractivity contribution in [3.63, 3.8) is 0 Å². The lowest BCUT2D eigenvalue weighted by Crippen LogP contribution is -2.04. The number of halogens is 1. The van der Waals surface area contributed by atoms with Crippen molar-refractivity contribution < 1.29 is 14.2 Å². The van der Waals surface area contributed by atoms with Crippen LogP contribution < -0.4 is 14.2 Å². The van der Waals surface area contributed by atoms with Crippen LogP contribution in [0, 0.1) is 0 Å². The molecule has 1 heterocycles. The summed E-state index contributed by atoms with van der Waals surface area (Å²) in [5.74, 6) is 2.00. The van der Waals surface area contributed by atoms with E-state index in [-0.39, 0.29) is 0 Å². The Kier molecular flexibility index (Phi) is 5.87. The van der Waals surface area contributed by atoms with Crippen molar-refractivity contribution in [2.75, 3.05) is 20.8 Å². The van der Waals surface area contributed by atoms with Crippen LogP contribution in [0.1, 0.15) is 11.1 Å². The minimum atomic E-state index is 0.546. The third-order valence-corrected chi connectivity index (χ3v) is 3.71. The van der Waals surface area contributed by atoms with Gasteiger partial charge in [-0.25, -0.2) is 0 Å². The molecular formula is C16H18BrNO3. The highest BCUT2D eigenvalue weighted by Gasteiger charge is 2.13. The normalized spacial score (nSPS) is 10.2. The van der Waals surface area contributed by atoms with Crippen LogP contribution in [0.3, 0.4) is 0 Å². The highest BCUT2D eigenvalue weighted by atomic mass is 79.9. The van der Waals surface area contributed by atoms with Crippen molar-refractivity contribution in [1.82, 2.24) is 4.98 Å². The molecule has 0 saturated carbocycles. The molecule has 0 radical (unpaired) electrons. The first-order chi connectivity index (χ1) is 10.3. The van der Waals surface area contributed by atoms with Gasteiger partial charge in [0.15, 0.2) is 11.5 Å². The topological polar surface area (TPSA) is 40.6 Å². The number of alkyl halides is 1. The lowest BCUT2D eigenvalue weighted by atomic mass is 10.2. The highest BCUT2D eigenvalue weighted by Crippen LogP contribution is 2.39. The molecule has 2 rings (SSSR count). The number of nitrogens with zero attached hydrogens (tertiary/aromatic N) is 1. The summed E-state index contributed by atoms with van der Waals surface area (Å²) in [7, 11) is 3.25. The third kappa shape index (κ3) is 4.11. The zero-order valence-corrected chi connectivity index (χ0v) is 13.7. The molecular weight excluding hydrogens is 334 g/mol.